The molecule has 0 saturated heterocycles. The maximum absolute atomic E-state index is 8.38. The first-order valence-corrected chi connectivity index (χ1v) is 2.77. The fourth-order valence-electron chi connectivity index (χ4n) is 0.576. The lowest BCUT2D eigenvalue weighted by Crippen LogP contribution is -2.21. The van der Waals surface area contributed by atoms with Gasteiger partial charge in [0.05, 0.1) is 0 Å². The molecular formula is C4H7N5O2. The summed E-state index contributed by atoms with van der Waals surface area (Å²) in [5.74, 6) is 0.191. The maximum atomic E-state index is 8.38. The molecule has 1 aromatic rings. The van der Waals surface area contributed by atoms with Crippen molar-refractivity contribution in [3.05, 3.63) is 5.69 Å². The molecule has 7 heteroatoms. The molecule has 11 heavy (non-hydrogen) atoms. The van der Waals surface area contributed by atoms with Crippen molar-refractivity contribution in [2.24, 2.45) is 5.16 Å². The zero-order valence-corrected chi connectivity index (χ0v) is 5.77. The standard InChI is InChI=1S/C4H7N5O2/c1-6-4(7-10)2-3(5)9-11-8-2/h10H,1H3,(H2,5,9)(H,6,7). The summed E-state index contributed by atoms with van der Waals surface area (Å²) in [4.78, 5) is 0. The molecule has 1 rings (SSSR count). The van der Waals surface area contributed by atoms with Crippen LogP contribution >= 0.6 is 0 Å². The van der Waals surface area contributed by atoms with Crippen LogP contribution in [0, 0.1) is 0 Å². The number of aromatic nitrogens is 2. The Bertz CT molecular complexity index is 267. The van der Waals surface area contributed by atoms with E-state index in [1.807, 2.05) is 0 Å². The Hall–Kier alpha value is -1.79. The Morgan fingerprint density at radius 3 is 2.82 bits per heavy atom. The minimum absolute atomic E-state index is 0.0761. The van der Waals surface area contributed by atoms with Crippen molar-refractivity contribution in [1.82, 2.24) is 15.6 Å². The van der Waals surface area contributed by atoms with Crippen LogP contribution in [0.4, 0.5) is 5.82 Å². The van der Waals surface area contributed by atoms with E-state index in [1.165, 1.54) is 0 Å². The predicted molar refractivity (Wildman–Crippen MR) is 36.1 cm³/mol. The van der Waals surface area contributed by atoms with Crippen molar-refractivity contribution < 1.29 is 9.84 Å². The Kier molecular flexibility index (Phi) is 1.90. The van der Waals surface area contributed by atoms with Crippen LogP contribution in [0.1, 0.15) is 5.69 Å². The van der Waals surface area contributed by atoms with Crippen LogP contribution < -0.4 is 11.1 Å². The lowest BCUT2D eigenvalue weighted by Gasteiger charge is -1.95. The third-order valence-corrected chi connectivity index (χ3v) is 1.08. The summed E-state index contributed by atoms with van der Waals surface area (Å²) in [5, 5.41) is 20.5. The van der Waals surface area contributed by atoms with E-state index in [9.17, 15) is 0 Å². The van der Waals surface area contributed by atoms with Crippen LogP contribution in [0.15, 0.2) is 9.78 Å². The molecule has 0 radical (unpaired) electrons. The van der Waals surface area contributed by atoms with E-state index in [1.54, 1.807) is 7.05 Å². The molecule has 7 nitrogen and oxygen atoms in total. The number of nitrogens with two attached hydrogens (primary N) is 1. The molecule has 0 aliphatic carbocycles. The molecule has 60 valence electrons. The number of nitrogen functional groups attached to an aromatic ring is 1. The van der Waals surface area contributed by atoms with E-state index in [2.05, 4.69) is 25.4 Å². The van der Waals surface area contributed by atoms with Crippen LogP contribution in [-0.2, 0) is 0 Å². The normalized spacial score (nSPS) is 11.5. The average Bonchev–Trinajstić information content (AvgIpc) is 2.40. The first kappa shape index (κ1) is 7.32. The van der Waals surface area contributed by atoms with Gasteiger partial charge in [-0.05, 0) is 10.3 Å². The molecule has 0 bridgehead atoms. The number of hydrogen-bond donors (Lipinski definition) is 3. The summed E-state index contributed by atoms with van der Waals surface area (Å²) < 4.78 is 4.27. The van der Waals surface area contributed by atoms with Crippen molar-refractivity contribution in [1.29, 1.82) is 0 Å². The number of hydrogen-bond acceptors (Lipinski definition) is 6. The number of rotatable bonds is 1. The highest BCUT2D eigenvalue weighted by molar-refractivity contribution is 5.99. The van der Waals surface area contributed by atoms with E-state index in [0.717, 1.165) is 0 Å². The van der Waals surface area contributed by atoms with Crippen molar-refractivity contribution in [3.63, 3.8) is 0 Å². The van der Waals surface area contributed by atoms with Crippen LogP contribution in [0.3, 0.4) is 0 Å². The van der Waals surface area contributed by atoms with E-state index >= 15 is 0 Å². The Balaban J connectivity index is 3.00. The van der Waals surface area contributed by atoms with Gasteiger partial charge < -0.3 is 16.3 Å². The van der Waals surface area contributed by atoms with Gasteiger partial charge in [0.2, 0.25) is 0 Å². The molecular weight excluding hydrogens is 150 g/mol. The average molecular weight is 157 g/mol. The van der Waals surface area contributed by atoms with Gasteiger partial charge in [-0.1, -0.05) is 5.16 Å². The topological polar surface area (TPSA) is 110 Å². The highest BCUT2D eigenvalue weighted by atomic mass is 16.6. The van der Waals surface area contributed by atoms with Crippen molar-refractivity contribution >= 4 is 11.7 Å². The number of oxime groups is 1. The van der Waals surface area contributed by atoms with Gasteiger partial charge in [-0.25, -0.2) is 4.63 Å². The summed E-state index contributed by atoms with van der Waals surface area (Å²) >= 11 is 0. The van der Waals surface area contributed by atoms with Gasteiger partial charge in [0.25, 0.3) is 0 Å². The molecule has 1 heterocycles. The monoisotopic (exact) mass is 157 g/mol. The van der Waals surface area contributed by atoms with Gasteiger partial charge in [-0.2, -0.15) is 0 Å². The minimum Gasteiger partial charge on any atom is -0.409 e. The summed E-state index contributed by atoms with van der Waals surface area (Å²) in [7, 11) is 1.56. The molecule has 0 aliphatic rings. The quantitative estimate of drug-likeness (QED) is 0.209. The predicted octanol–water partition coefficient (Wildman–Crippen LogP) is -0.993. The number of amidine groups is 1. The minimum atomic E-state index is 0.0761. The summed E-state index contributed by atoms with van der Waals surface area (Å²) in [6.07, 6.45) is 0. The molecule has 0 saturated carbocycles. The van der Waals surface area contributed by atoms with Gasteiger partial charge in [-0.15, -0.1) is 0 Å². The van der Waals surface area contributed by atoms with Crippen LogP contribution in [0.25, 0.3) is 0 Å². The molecule has 4 N–H and O–H groups in total. The molecule has 0 atom stereocenters. The SMILES string of the molecule is CNC(=NO)c1nonc1N. The largest absolute Gasteiger partial charge is 0.409 e. The van der Waals surface area contributed by atoms with Crippen LogP contribution in [0.5, 0.6) is 0 Å². The lowest BCUT2D eigenvalue weighted by atomic mass is 10.4. The third-order valence-electron chi connectivity index (χ3n) is 1.08. The second kappa shape index (κ2) is 2.86. The third kappa shape index (κ3) is 1.20. The highest BCUT2D eigenvalue weighted by Gasteiger charge is 2.12. The molecule has 0 aromatic carbocycles. The van der Waals surface area contributed by atoms with E-state index < -0.39 is 0 Å². The van der Waals surface area contributed by atoms with E-state index in [4.69, 9.17) is 10.9 Å². The van der Waals surface area contributed by atoms with Crippen molar-refractivity contribution in [3.8, 4) is 0 Å². The summed E-state index contributed by atoms with van der Waals surface area (Å²) in [6, 6.07) is 0. The van der Waals surface area contributed by atoms with Crippen molar-refractivity contribution in [2.45, 2.75) is 0 Å². The summed E-state index contributed by atoms with van der Waals surface area (Å²) in [5.41, 5.74) is 5.48. The van der Waals surface area contributed by atoms with E-state index in [0.29, 0.717) is 0 Å². The molecule has 0 spiro atoms. The zero-order valence-electron chi connectivity index (χ0n) is 5.77. The first-order chi connectivity index (χ1) is 5.29. The molecule has 0 fully saturated rings. The first-order valence-electron chi connectivity index (χ1n) is 2.77. The fourth-order valence-corrected chi connectivity index (χ4v) is 0.576. The second-order valence-electron chi connectivity index (χ2n) is 1.70. The summed E-state index contributed by atoms with van der Waals surface area (Å²) in [6.45, 7) is 0. The van der Waals surface area contributed by atoms with Gasteiger partial charge in [0, 0.05) is 7.05 Å². The highest BCUT2D eigenvalue weighted by Crippen LogP contribution is 2.03. The number of nitrogens with zero attached hydrogens (tertiary/aromatic N) is 3. The molecule has 1 aromatic heterocycles. The maximum Gasteiger partial charge on any atom is 0.199 e. The zero-order chi connectivity index (χ0) is 8.27. The van der Waals surface area contributed by atoms with Crippen molar-refractivity contribution in [2.75, 3.05) is 12.8 Å². The smallest absolute Gasteiger partial charge is 0.199 e. The molecule has 0 aliphatic heterocycles. The Morgan fingerprint density at radius 1 is 1.73 bits per heavy atom. The van der Waals surface area contributed by atoms with Crippen LogP contribution in [0.2, 0.25) is 0 Å². The fraction of sp³-hybridized carbons (Fsp3) is 0.250. The van der Waals surface area contributed by atoms with Crippen LogP contribution in [-0.4, -0.2) is 28.4 Å². The number of nitrogens with one attached hydrogen (secondary N) is 1. The molecule has 0 unspecified atom stereocenters. The Morgan fingerprint density at radius 2 is 2.45 bits per heavy atom. The van der Waals surface area contributed by atoms with E-state index in [-0.39, 0.29) is 17.3 Å². The Labute approximate surface area is 61.8 Å². The van der Waals surface area contributed by atoms with Gasteiger partial charge >= 0.3 is 0 Å². The van der Waals surface area contributed by atoms with Gasteiger partial charge in [0.1, 0.15) is 0 Å². The second-order valence-corrected chi connectivity index (χ2v) is 1.70. The molecule has 0 amide bonds. The lowest BCUT2D eigenvalue weighted by molar-refractivity contribution is 0.304. The number of anilines is 1. The van der Waals surface area contributed by atoms with Gasteiger partial charge in [0.15, 0.2) is 17.3 Å². The van der Waals surface area contributed by atoms with Gasteiger partial charge in [-0.3, -0.25) is 0 Å².